The van der Waals surface area contributed by atoms with Gasteiger partial charge in [-0.3, -0.25) is 4.79 Å². The van der Waals surface area contributed by atoms with Crippen LogP contribution in [0, 0.1) is 0 Å². The van der Waals surface area contributed by atoms with Crippen LogP contribution in [0.2, 0.25) is 5.02 Å². The van der Waals surface area contributed by atoms with Crippen molar-refractivity contribution < 1.29 is 9.53 Å². The number of hydrazone groups is 1. The zero-order valence-electron chi connectivity index (χ0n) is 14.6. The fourth-order valence-electron chi connectivity index (χ4n) is 2.40. The third-order valence-electron chi connectivity index (χ3n) is 3.81. The van der Waals surface area contributed by atoms with Crippen LogP contribution >= 0.6 is 11.6 Å². The number of nitrogens with zero attached hydrogens (tertiary/aromatic N) is 1. The quantitative estimate of drug-likeness (QED) is 0.482. The highest BCUT2D eigenvalue weighted by atomic mass is 35.5. The third kappa shape index (κ3) is 6.28. The van der Waals surface area contributed by atoms with E-state index < -0.39 is 0 Å². The van der Waals surface area contributed by atoms with Crippen LogP contribution < -0.4 is 10.2 Å². The maximum atomic E-state index is 11.8. The van der Waals surface area contributed by atoms with Crippen molar-refractivity contribution in [3.63, 3.8) is 0 Å². The van der Waals surface area contributed by atoms with Gasteiger partial charge in [-0.1, -0.05) is 54.1 Å². The van der Waals surface area contributed by atoms with Crippen molar-refractivity contribution in [2.45, 2.75) is 13.0 Å². The van der Waals surface area contributed by atoms with Crippen LogP contribution in [-0.2, 0) is 17.8 Å². The Morgan fingerprint density at radius 3 is 2.33 bits per heavy atom. The van der Waals surface area contributed by atoms with E-state index in [1.807, 2.05) is 78.9 Å². The molecular formula is C22H19ClN2O2. The highest BCUT2D eigenvalue weighted by Crippen LogP contribution is 2.15. The van der Waals surface area contributed by atoms with Crippen LogP contribution in [0.3, 0.4) is 0 Å². The molecule has 0 fully saturated rings. The van der Waals surface area contributed by atoms with Gasteiger partial charge in [0.25, 0.3) is 0 Å². The molecule has 0 aliphatic heterocycles. The van der Waals surface area contributed by atoms with Crippen LogP contribution in [0.5, 0.6) is 5.75 Å². The Balaban J connectivity index is 1.46. The van der Waals surface area contributed by atoms with E-state index in [-0.39, 0.29) is 5.91 Å². The lowest BCUT2D eigenvalue weighted by atomic mass is 10.1. The number of hydrogen-bond acceptors (Lipinski definition) is 3. The van der Waals surface area contributed by atoms with Crippen LogP contribution in [0.1, 0.15) is 16.7 Å². The van der Waals surface area contributed by atoms with Crippen molar-refractivity contribution in [2.24, 2.45) is 5.10 Å². The molecule has 3 aromatic carbocycles. The molecule has 0 radical (unpaired) electrons. The third-order valence-corrected chi connectivity index (χ3v) is 4.06. The van der Waals surface area contributed by atoms with Gasteiger partial charge in [-0.15, -0.1) is 0 Å². The standard InChI is InChI=1S/C22H19ClN2O2/c23-20-10-6-19(7-11-20)16-27-21-12-8-18(9-13-21)15-24-25-22(26)14-17-4-2-1-3-5-17/h1-13,15H,14,16H2,(H,25,26)/b24-15-. The molecule has 0 bridgehead atoms. The molecule has 0 heterocycles. The number of carbonyl (C=O) groups excluding carboxylic acids is 1. The summed E-state index contributed by atoms with van der Waals surface area (Å²) >= 11 is 5.87. The van der Waals surface area contributed by atoms with Crippen molar-refractivity contribution in [3.8, 4) is 5.75 Å². The molecule has 1 N–H and O–H groups in total. The van der Waals surface area contributed by atoms with E-state index in [0.717, 1.165) is 22.4 Å². The van der Waals surface area contributed by atoms with Gasteiger partial charge >= 0.3 is 0 Å². The smallest absolute Gasteiger partial charge is 0.244 e. The molecular weight excluding hydrogens is 360 g/mol. The van der Waals surface area contributed by atoms with Crippen LogP contribution in [0.15, 0.2) is 84.0 Å². The lowest BCUT2D eigenvalue weighted by Crippen LogP contribution is -2.19. The maximum absolute atomic E-state index is 11.8. The molecule has 4 nitrogen and oxygen atoms in total. The number of rotatable bonds is 7. The SMILES string of the molecule is O=C(Cc1ccccc1)N/N=C\c1ccc(OCc2ccc(Cl)cc2)cc1. The first-order valence-electron chi connectivity index (χ1n) is 8.52. The number of amides is 1. The number of ether oxygens (including phenoxy) is 1. The van der Waals surface area contributed by atoms with Crippen molar-refractivity contribution in [3.05, 3.63) is 101 Å². The summed E-state index contributed by atoms with van der Waals surface area (Å²) in [5.41, 5.74) is 5.40. The van der Waals surface area contributed by atoms with Crippen molar-refractivity contribution in [2.75, 3.05) is 0 Å². The molecule has 0 unspecified atom stereocenters. The van der Waals surface area contributed by atoms with Gasteiger partial charge in [-0.25, -0.2) is 5.43 Å². The van der Waals surface area contributed by atoms with Gasteiger partial charge in [0.1, 0.15) is 12.4 Å². The summed E-state index contributed by atoms with van der Waals surface area (Å²) in [4.78, 5) is 11.8. The summed E-state index contributed by atoms with van der Waals surface area (Å²) in [7, 11) is 0. The van der Waals surface area contributed by atoms with E-state index in [1.165, 1.54) is 0 Å². The normalized spacial score (nSPS) is 10.7. The van der Waals surface area contributed by atoms with E-state index in [9.17, 15) is 4.79 Å². The Morgan fingerprint density at radius 2 is 1.63 bits per heavy atom. The second kappa shape index (κ2) is 9.55. The van der Waals surface area contributed by atoms with Crippen LogP contribution in [-0.4, -0.2) is 12.1 Å². The number of benzene rings is 3. The van der Waals surface area contributed by atoms with Crippen LogP contribution in [0.25, 0.3) is 0 Å². The highest BCUT2D eigenvalue weighted by molar-refractivity contribution is 6.30. The van der Waals surface area contributed by atoms with E-state index in [1.54, 1.807) is 6.21 Å². The lowest BCUT2D eigenvalue weighted by molar-refractivity contribution is -0.120. The number of halogens is 1. The Bertz CT molecular complexity index is 892. The molecule has 3 rings (SSSR count). The average molecular weight is 379 g/mol. The first kappa shape index (κ1) is 18.7. The first-order chi connectivity index (χ1) is 13.2. The van der Waals surface area contributed by atoms with E-state index in [4.69, 9.17) is 16.3 Å². The van der Waals surface area contributed by atoms with Gasteiger partial charge in [0.05, 0.1) is 12.6 Å². The molecule has 5 heteroatoms. The maximum Gasteiger partial charge on any atom is 0.244 e. The molecule has 0 saturated carbocycles. The highest BCUT2D eigenvalue weighted by Gasteiger charge is 2.01. The molecule has 0 aliphatic rings. The summed E-state index contributed by atoms with van der Waals surface area (Å²) in [6, 6.07) is 24.6. The van der Waals surface area contributed by atoms with Gasteiger partial charge in [-0.05, 0) is 53.1 Å². The molecule has 0 atom stereocenters. The van der Waals surface area contributed by atoms with Crippen molar-refractivity contribution in [1.29, 1.82) is 0 Å². The minimum Gasteiger partial charge on any atom is -0.489 e. The summed E-state index contributed by atoms with van der Waals surface area (Å²) in [5, 5.41) is 4.70. The molecule has 3 aromatic rings. The molecule has 0 aliphatic carbocycles. The van der Waals surface area contributed by atoms with Crippen molar-refractivity contribution >= 4 is 23.7 Å². The van der Waals surface area contributed by atoms with Gasteiger partial charge in [0.15, 0.2) is 0 Å². The Kier molecular flexibility index (Phi) is 6.61. The Labute approximate surface area is 163 Å². The summed E-state index contributed by atoms with van der Waals surface area (Å²) in [5.74, 6) is 0.607. The molecule has 0 saturated heterocycles. The lowest BCUT2D eigenvalue weighted by Gasteiger charge is -2.06. The second-order valence-corrected chi connectivity index (χ2v) is 6.38. The molecule has 1 amide bonds. The van der Waals surface area contributed by atoms with Gasteiger partial charge < -0.3 is 4.74 Å². The summed E-state index contributed by atoms with van der Waals surface area (Å²) < 4.78 is 5.74. The van der Waals surface area contributed by atoms with E-state index in [0.29, 0.717) is 18.1 Å². The minimum absolute atomic E-state index is 0.152. The topological polar surface area (TPSA) is 50.7 Å². The summed E-state index contributed by atoms with van der Waals surface area (Å²) in [6.07, 6.45) is 1.90. The second-order valence-electron chi connectivity index (χ2n) is 5.94. The fraction of sp³-hybridized carbons (Fsp3) is 0.0909. The number of nitrogens with one attached hydrogen (secondary N) is 1. The van der Waals surface area contributed by atoms with Gasteiger partial charge in [0.2, 0.25) is 5.91 Å². The molecule has 136 valence electrons. The number of hydrogen-bond donors (Lipinski definition) is 1. The number of carbonyl (C=O) groups is 1. The predicted molar refractivity (Wildman–Crippen MR) is 108 cm³/mol. The largest absolute Gasteiger partial charge is 0.489 e. The van der Waals surface area contributed by atoms with Crippen LogP contribution in [0.4, 0.5) is 0 Å². The fourth-order valence-corrected chi connectivity index (χ4v) is 2.52. The summed E-state index contributed by atoms with van der Waals surface area (Å²) in [6.45, 7) is 0.472. The molecule has 0 spiro atoms. The zero-order chi connectivity index (χ0) is 18.9. The molecule has 0 aromatic heterocycles. The van der Waals surface area contributed by atoms with E-state index >= 15 is 0 Å². The first-order valence-corrected chi connectivity index (χ1v) is 8.90. The zero-order valence-corrected chi connectivity index (χ0v) is 15.4. The minimum atomic E-state index is -0.152. The Morgan fingerprint density at radius 1 is 0.926 bits per heavy atom. The predicted octanol–water partition coefficient (Wildman–Crippen LogP) is 4.61. The van der Waals surface area contributed by atoms with Crippen molar-refractivity contribution in [1.82, 2.24) is 5.43 Å². The van der Waals surface area contributed by atoms with Gasteiger partial charge in [0, 0.05) is 5.02 Å². The average Bonchev–Trinajstić information content (AvgIpc) is 2.69. The van der Waals surface area contributed by atoms with Gasteiger partial charge in [-0.2, -0.15) is 5.10 Å². The molecule has 27 heavy (non-hydrogen) atoms. The van der Waals surface area contributed by atoms with E-state index in [2.05, 4.69) is 10.5 Å². The Hall–Kier alpha value is -3.11. The monoisotopic (exact) mass is 378 g/mol.